The van der Waals surface area contributed by atoms with Crippen molar-refractivity contribution in [2.75, 3.05) is 17.8 Å². The van der Waals surface area contributed by atoms with Gasteiger partial charge in [0.15, 0.2) is 10.6 Å². The van der Waals surface area contributed by atoms with E-state index in [1.165, 1.54) is 49.7 Å². The summed E-state index contributed by atoms with van der Waals surface area (Å²) in [6.07, 6.45) is 12.8. The van der Waals surface area contributed by atoms with Gasteiger partial charge >= 0.3 is 6.09 Å². The summed E-state index contributed by atoms with van der Waals surface area (Å²) in [5.41, 5.74) is 4.26. The van der Waals surface area contributed by atoms with Crippen molar-refractivity contribution in [3.63, 3.8) is 0 Å². The van der Waals surface area contributed by atoms with E-state index in [1.807, 2.05) is 19.1 Å². The van der Waals surface area contributed by atoms with Crippen molar-refractivity contribution in [3.8, 4) is 5.75 Å². The third kappa shape index (κ3) is 7.77. The molecule has 0 aliphatic rings. The van der Waals surface area contributed by atoms with Crippen molar-refractivity contribution in [3.05, 3.63) is 53.1 Å². The predicted molar refractivity (Wildman–Crippen MR) is 127 cm³/mol. The highest BCUT2D eigenvalue weighted by Crippen LogP contribution is 2.30. The van der Waals surface area contributed by atoms with Gasteiger partial charge in [-0.05, 0) is 55.5 Å². The highest BCUT2D eigenvalue weighted by Gasteiger charge is 2.21. The summed E-state index contributed by atoms with van der Waals surface area (Å²) in [5, 5.41) is 2.86. The minimum atomic E-state index is -0.438. The monoisotopic (exact) mass is 414 g/mol. The second-order valence-electron chi connectivity index (χ2n) is 7.95. The third-order valence-corrected chi connectivity index (χ3v) is 6.22. The normalized spacial score (nSPS) is 11.0. The zero-order chi connectivity index (χ0) is 21.2. The summed E-state index contributed by atoms with van der Waals surface area (Å²) in [7, 11) is 0.0114. The highest BCUT2D eigenvalue weighted by molar-refractivity contribution is 7.95. The number of amides is 1. The molecular formula is C25H36NO2S+. The second kappa shape index (κ2) is 11.9. The summed E-state index contributed by atoms with van der Waals surface area (Å²) in [4.78, 5) is 13.5. The van der Waals surface area contributed by atoms with Crippen LogP contribution in [0.4, 0.5) is 10.5 Å². The zero-order valence-electron chi connectivity index (χ0n) is 18.6. The van der Waals surface area contributed by atoms with Crippen LogP contribution in [0, 0.1) is 13.8 Å². The Morgan fingerprint density at radius 2 is 1.62 bits per heavy atom. The molecule has 2 aromatic carbocycles. The average molecular weight is 415 g/mol. The molecule has 0 unspecified atom stereocenters. The van der Waals surface area contributed by atoms with Gasteiger partial charge in [-0.2, -0.15) is 0 Å². The smallest absolute Gasteiger partial charge is 0.404 e. The van der Waals surface area contributed by atoms with Crippen molar-refractivity contribution in [1.82, 2.24) is 0 Å². The second-order valence-corrected chi connectivity index (χ2v) is 10.0. The molecule has 29 heavy (non-hydrogen) atoms. The Bertz CT molecular complexity index is 784. The molecule has 0 saturated carbocycles. The maximum atomic E-state index is 12.4. The molecule has 0 radical (unpaired) electrons. The Balaban J connectivity index is 1.88. The molecule has 0 bridgehead atoms. The zero-order valence-corrected chi connectivity index (χ0v) is 19.5. The molecular weight excluding hydrogens is 378 g/mol. The van der Waals surface area contributed by atoms with E-state index >= 15 is 0 Å². The largest absolute Gasteiger partial charge is 0.417 e. The standard InChI is InChI=1S/C25H35NO2S/c1-6-7-8-9-10-11-12-21-13-15-22(16-14-21)26-25(27)28-24-20(3)17-19(2)18-23(24)29(4)5/h13-18H,6-12H2,1-5H3/p+1. The van der Waals surface area contributed by atoms with Crippen molar-refractivity contribution >= 4 is 22.7 Å². The number of ether oxygens (including phenoxy) is 1. The lowest BCUT2D eigenvalue weighted by Gasteiger charge is -2.12. The Morgan fingerprint density at radius 3 is 2.28 bits per heavy atom. The lowest BCUT2D eigenvalue weighted by atomic mass is 10.0. The molecule has 1 amide bonds. The molecule has 0 spiro atoms. The molecule has 1 N–H and O–H groups in total. The number of unbranched alkanes of at least 4 members (excludes halogenated alkanes) is 5. The Hall–Kier alpha value is -1.94. The first-order valence-corrected chi connectivity index (χ1v) is 12.7. The van der Waals surface area contributed by atoms with Gasteiger partial charge < -0.3 is 4.74 Å². The van der Waals surface area contributed by atoms with E-state index in [9.17, 15) is 4.79 Å². The van der Waals surface area contributed by atoms with Crippen LogP contribution in [0.25, 0.3) is 0 Å². The fourth-order valence-corrected chi connectivity index (χ4v) is 4.44. The number of carbonyl (C=O) groups excluding carboxylic acids is 1. The van der Waals surface area contributed by atoms with Crippen LogP contribution in [0.2, 0.25) is 0 Å². The van der Waals surface area contributed by atoms with Crippen LogP contribution in [0.5, 0.6) is 5.75 Å². The van der Waals surface area contributed by atoms with Crippen LogP contribution in [0.3, 0.4) is 0 Å². The van der Waals surface area contributed by atoms with E-state index < -0.39 is 6.09 Å². The van der Waals surface area contributed by atoms with E-state index in [-0.39, 0.29) is 10.9 Å². The maximum Gasteiger partial charge on any atom is 0.417 e. The Kier molecular flexibility index (Phi) is 9.59. The average Bonchev–Trinajstić information content (AvgIpc) is 2.67. The van der Waals surface area contributed by atoms with Gasteiger partial charge in [-0.1, -0.05) is 57.2 Å². The lowest BCUT2D eigenvalue weighted by Crippen LogP contribution is -2.18. The molecule has 3 nitrogen and oxygen atoms in total. The van der Waals surface area contributed by atoms with E-state index in [0.717, 1.165) is 22.6 Å². The van der Waals surface area contributed by atoms with E-state index in [0.29, 0.717) is 5.75 Å². The van der Waals surface area contributed by atoms with Crippen molar-refractivity contribution in [2.45, 2.75) is 70.6 Å². The summed E-state index contributed by atoms with van der Waals surface area (Å²) in [5.74, 6) is 0.682. The lowest BCUT2D eigenvalue weighted by molar-refractivity contribution is 0.213. The molecule has 0 heterocycles. The minimum Gasteiger partial charge on any atom is -0.404 e. The van der Waals surface area contributed by atoms with E-state index in [1.54, 1.807) is 0 Å². The fraction of sp³-hybridized carbons (Fsp3) is 0.480. The van der Waals surface area contributed by atoms with Crippen LogP contribution in [-0.2, 0) is 17.3 Å². The summed E-state index contributed by atoms with van der Waals surface area (Å²) in [6, 6.07) is 12.3. The number of carbonyl (C=O) groups is 1. The van der Waals surface area contributed by atoms with Gasteiger partial charge in [0.05, 0.1) is 0 Å². The first-order valence-electron chi connectivity index (χ1n) is 10.7. The molecule has 0 saturated heterocycles. The van der Waals surface area contributed by atoms with Crippen LogP contribution >= 0.6 is 0 Å². The third-order valence-electron chi connectivity index (χ3n) is 5.04. The van der Waals surface area contributed by atoms with E-state index in [2.05, 4.69) is 55.9 Å². The molecule has 2 aromatic rings. The molecule has 0 aromatic heterocycles. The Labute approximate surface area is 179 Å². The van der Waals surface area contributed by atoms with Crippen LogP contribution in [-0.4, -0.2) is 18.6 Å². The van der Waals surface area contributed by atoms with Gasteiger partial charge in [0.25, 0.3) is 0 Å². The molecule has 0 fully saturated rings. The topological polar surface area (TPSA) is 38.3 Å². The van der Waals surface area contributed by atoms with Crippen molar-refractivity contribution in [2.24, 2.45) is 0 Å². The fourth-order valence-electron chi connectivity index (χ4n) is 3.45. The first kappa shape index (κ1) is 23.3. The molecule has 0 atom stereocenters. The number of hydrogen-bond donors (Lipinski definition) is 1. The summed E-state index contributed by atoms with van der Waals surface area (Å²) < 4.78 is 5.70. The van der Waals surface area contributed by atoms with E-state index in [4.69, 9.17) is 4.74 Å². The number of benzene rings is 2. The van der Waals surface area contributed by atoms with Crippen LogP contribution < -0.4 is 10.1 Å². The van der Waals surface area contributed by atoms with Gasteiger partial charge in [-0.3, -0.25) is 5.32 Å². The highest BCUT2D eigenvalue weighted by atomic mass is 32.2. The number of rotatable bonds is 10. The number of hydrogen-bond acceptors (Lipinski definition) is 2. The molecule has 4 heteroatoms. The summed E-state index contributed by atoms with van der Waals surface area (Å²) >= 11 is 0. The van der Waals surface area contributed by atoms with Gasteiger partial charge in [0.2, 0.25) is 0 Å². The van der Waals surface area contributed by atoms with Gasteiger partial charge in [-0.15, -0.1) is 0 Å². The minimum absolute atomic E-state index is 0.0114. The van der Waals surface area contributed by atoms with Gasteiger partial charge in [0.1, 0.15) is 12.5 Å². The van der Waals surface area contributed by atoms with Crippen molar-refractivity contribution < 1.29 is 9.53 Å². The molecule has 0 aliphatic carbocycles. The summed E-state index contributed by atoms with van der Waals surface area (Å²) in [6.45, 7) is 6.31. The molecule has 2 rings (SSSR count). The van der Waals surface area contributed by atoms with Crippen LogP contribution in [0.1, 0.15) is 62.1 Å². The van der Waals surface area contributed by atoms with Gasteiger partial charge in [0, 0.05) is 22.6 Å². The molecule has 158 valence electrons. The maximum absolute atomic E-state index is 12.4. The Morgan fingerprint density at radius 1 is 0.966 bits per heavy atom. The van der Waals surface area contributed by atoms with Crippen LogP contribution in [0.15, 0.2) is 41.3 Å². The number of nitrogens with one attached hydrogen (secondary N) is 1. The number of anilines is 1. The first-order chi connectivity index (χ1) is 13.9. The number of aryl methyl sites for hydroxylation is 3. The van der Waals surface area contributed by atoms with Crippen molar-refractivity contribution in [1.29, 1.82) is 0 Å². The SMILES string of the molecule is CCCCCCCCc1ccc(NC(=O)Oc2c(C)cc(C)cc2[S+](C)C)cc1. The predicted octanol–water partition coefficient (Wildman–Crippen LogP) is 7.05. The molecule has 0 aliphatic heterocycles. The quantitative estimate of drug-likeness (QED) is 0.334. The van der Waals surface area contributed by atoms with Gasteiger partial charge in [-0.25, -0.2) is 4.79 Å².